The average molecular weight is 407 g/mol. The van der Waals surface area contributed by atoms with Crippen LogP contribution in [0.1, 0.15) is 18.6 Å². The van der Waals surface area contributed by atoms with Crippen LogP contribution < -0.4 is 4.74 Å². The maximum atomic E-state index is 9.57. The standard InChI is InChI=1S/C14H11Br2ClO2/c1-8(18)11-4-3-10(7-12(11)15)19-14-5-2-9(17)6-13(14)16/h2-8,18H,1H3/t8-/m1/s1. The van der Waals surface area contributed by atoms with E-state index in [9.17, 15) is 5.11 Å². The quantitative estimate of drug-likeness (QED) is 0.707. The van der Waals surface area contributed by atoms with E-state index in [0.29, 0.717) is 16.5 Å². The number of aliphatic hydroxyl groups is 1. The molecule has 5 heteroatoms. The van der Waals surface area contributed by atoms with Crippen LogP contribution in [0.2, 0.25) is 5.02 Å². The van der Waals surface area contributed by atoms with E-state index in [1.54, 1.807) is 25.1 Å². The van der Waals surface area contributed by atoms with Gasteiger partial charge in [0.2, 0.25) is 0 Å². The molecule has 0 aromatic heterocycles. The number of rotatable bonds is 3. The number of halogens is 3. The molecule has 0 fully saturated rings. The average Bonchev–Trinajstić information content (AvgIpc) is 2.32. The number of hydrogen-bond donors (Lipinski definition) is 1. The molecule has 19 heavy (non-hydrogen) atoms. The summed E-state index contributed by atoms with van der Waals surface area (Å²) in [6.07, 6.45) is -0.523. The van der Waals surface area contributed by atoms with Gasteiger partial charge in [0.15, 0.2) is 0 Å². The lowest BCUT2D eigenvalue weighted by atomic mass is 10.1. The summed E-state index contributed by atoms with van der Waals surface area (Å²) in [5, 5.41) is 10.2. The Kier molecular flexibility index (Phi) is 4.90. The summed E-state index contributed by atoms with van der Waals surface area (Å²) in [7, 11) is 0. The van der Waals surface area contributed by atoms with E-state index < -0.39 is 6.10 Å². The highest BCUT2D eigenvalue weighted by Gasteiger charge is 2.09. The van der Waals surface area contributed by atoms with Gasteiger partial charge < -0.3 is 9.84 Å². The number of hydrogen-bond acceptors (Lipinski definition) is 2. The van der Waals surface area contributed by atoms with Gasteiger partial charge in [-0.1, -0.05) is 33.6 Å². The van der Waals surface area contributed by atoms with Crippen molar-refractivity contribution in [3.05, 3.63) is 55.9 Å². The van der Waals surface area contributed by atoms with Gasteiger partial charge in [0.05, 0.1) is 10.6 Å². The molecule has 0 bridgehead atoms. The van der Waals surface area contributed by atoms with Crippen molar-refractivity contribution < 1.29 is 9.84 Å². The van der Waals surface area contributed by atoms with Crippen molar-refractivity contribution in [2.24, 2.45) is 0 Å². The largest absolute Gasteiger partial charge is 0.456 e. The zero-order valence-corrected chi connectivity index (χ0v) is 14.0. The van der Waals surface area contributed by atoms with Gasteiger partial charge in [0.25, 0.3) is 0 Å². The van der Waals surface area contributed by atoms with Crippen molar-refractivity contribution >= 4 is 43.5 Å². The van der Waals surface area contributed by atoms with Crippen molar-refractivity contribution in [3.63, 3.8) is 0 Å². The van der Waals surface area contributed by atoms with Crippen LogP contribution in [0, 0.1) is 0 Å². The van der Waals surface area contributed by atoms with E-state index in [1.165, 1.54) is 0 Å². The molecule has 0 radical (unpaired) electrons. The second kappa shape index (κ2) is 6.27. The molecule has 2 rings (SSSR count). The Hall–Kier alpha value is -0.550. The van der Waals surface area contributed by atoms with E-state index in [2.05, 4.69) is 31.9 Å². The van der Waals surface area contributed by atoms with E-state index >= 15 is 0 Å². The first-order valence-electron chi connectivity index (χ1n) is 5.58. The Morgan fingerprint density at radius 2 is 1.84 bits per heavy atom. The second-order valence-corrected chi connectivity index (χ2v) is 6.18. The highest BCUT2D eigenvalue weighted by Crippen LogP contribution is 2.34. The summed E-state index contributed by atoms with van der Waals surface area (Å²) in [5.74, 6) is 1.36. The van der Waals surface area contributed by atoms with Gasteiger partial charge in [-0.2, -0.15) is 0 Å². The van der Waals surface area contributed by atoms with E-state index in [4.69, 9.17) is 16.3 Å². The molecule has 0 saturated carbocycles. The predicted octanol–water partition coefficient (Wildman–Crippen LogP) is 5.71. The Balaban J connectivity index is 2.26. The minimum absolute atomic E-state index is 0.523. The number of ether oxygens (including phenoxy) is 1. The topological polar surface area (TPSA) is 29.5 Å². The third-order valence-electron chi connectivity index (χ3n) is 2.54. The normalized spacial score (nSPS) is 12.3. The Morgan fingerprint density at radius 3 is 2.42 bits per heavy atom. The molecule has 0 saturated heterocycles. The molecule has 100 valence electrons. The lowest BCUT2D eigenvalue weighted by Crippen LogP contribution is -1.93. The monoisotopic (exact) mass is 404 g/mol. The SMILES string of the molecule is C[C@@H](O)c1ccc(Oc2ccc(Cl)cc2Br)cc1Br. The van der Waals surface area contributed by atoms with E-state index in [-0.39, 0.29) is 0 Å². The minimum atomic E-state index is -0.523. The van der Waals surface area contributed by atoms with Crippen LogP contribution in [0.5, 0.6) is 11.5 Å². The fraction of sp³-hybridized carbons (Fsp3) is 0.143. The number of benzene rings is 2. The zero-order chi connectivity index (χ0) is 14.0. The fourth-order valence-corrected chi connectivity index (χ4v) is 3.05. The fourth-order valence-electron chi connectivity index (χ4n) is 1.60. The molecule has 2 aromatic rings. The van der Waals surface area contributed by atoms with Gasteiger partial charge in [0, 0.05) is 9.50 Å². The molecule has 1 atom stereocenters. The van der Waals surface area contributed by atoms with Crippen LogP contribution in [0.4, 0.5) is 0 Å². The van der Waals surface area contributed by atoms with Gasteiger partial charge >= 0.3 is 0 Å². The molecular formula is C14H11Br2ClO2. The van der Waals surface area contributed by atoms with Crippen LogP contribution in [-0.2, 0) is 0 Å². The Labute approximate surface area is 133 Å². The minimum Gasteiger partial charge on any atom is -0.456 e. The molecule has 2 aromatic carbocycles. The molecule has 0 unspecified atom stereocenters. The molecule has 2 nitrogen and oxygen atoms in total. The molecule has 0 amide bonds. The molecule has 0 aliphatic rings. The summed E-state index contributed by atoms with van der Waals surface area (Å²) in [6.45, 7) is 1.72. The highest BCUT2D eigenvalue weighted by molar-refractivity contribution is 9.10. The maximum Gasteiger partial charge on any atom is 0.141 e. The third-order valence-corrected chi connectivity index (χ3v) is 4.09. The van der Waals surface area contributed by atoms with Crippen LogP contribution in [0.15, 0.2) is 45.3 Å². The van der Waals surface area contributed by atoms with Crippen LogP contribution >= 0.6 is 43.5 Å². The molecule has 0 aliphatic heterocycles. The first kappa shape index (κ1) is 14.9. The van der Waals surface area contributed by atoms with Crippen molar-refractivity contribution in [1.29, 1.82) is 0 Å². The Bertz CT molecular complexity index is 600. The molecule has 0 aliphatic carbocycles. The van der Waals surface area contributed by atoms with E-state index in [0.717, 1.165) is 14.5 Å². The zero-order valence-electron chi connectivity index (χ0n) is 10.0. The summed E-state index contributed by atoms with van der Waals surface area (Å²) >= 11 is 12.7. The van der Waals surface area contributed by atoms with Crippen LogP contribution in [0.3, 0.4) is 0 Å². The lowest BCUT2D eigenvalue weighted by Gasteiger charge is -2.11. The lowest BCUT2D eigenvalue weighted by molar-refractivity contribution is 0.198. The van der Waals surface area contributed by atoms with Gasteiger partial charge in [-0.15, -0.1) is 0 Å². The van der Waals surface area contributed by atoms with E-state index in [1.807, 2.05) is 18.2 Å². The molecule has 0 spiro atoms. The summed E-state index contributed by atoms with van der Waals surface area (Å²) in [6, 6.07) is 10.8. The maximum absolute atomic E-state index is 9.57. The summed E-state index contributed by atoms with van der Waals surface area (Å²) in [5.41, 5.74) is 0.822. The number of aliphatic hydroxyl groups excluding tert-OH is 1. The van der Waals surface area contributed by atoms with Gasteiger partial charge in [-0.25, -0.2) is 0 Å². The first-order chi connectivity index (χ1) is 8.97. The Morgan fingerprint density at radius 1 is 1.11 bits per heavy atom. The molecular weight excluding hydrogens is 395 g/mol. The highest BCUT2D eigenvalue weighted by atomic mass is 79.9. The van der Waals surface area contributed by atoms with Gasteiger partial charge in [0.1, 0.15) is 11.5 Å². The first-order valence-corrected chi connectivity index (χ1v) is 7.54. The second-order valence-electron chi connectivity index (χ2n) is 4.04. The van der Waals surface area contributed by atoms with Crippen molar-refractivity contribution in [3.8, 4) is 11.5 Å². The third kappa shape index (κ3) is 3.72. The van der Waals surface area contributed by atoms with Crippen molar-refractivity contribution in [2.45, 2.75) is 13.0 Å². The van der Waals surface area contributed by atoms with Crippen LogP contribution in [0.25, 0.3) is 0 Å². The van der Waals surface area contributed by atoms with Crippen molar-refractivity contribution in [2.75, 3.05) is 0 Å². The smallest absolute Gasteiger partial charge is 0.141 e. The van der Waals surface area contributed by atoms with Gasteiger partial charge in [-0.3, -0.25) is 0 Å². The van der Waals surface area contributed by atoms with Crippen molar-refractivity contribution in [1.82, 2.24) is 0 Å². The van der Waals surface area contributed by atoms with Crippen LogP contribution in [-0.4, -0.2) is 5.11 Å². The van der Waals surface area contributed by atoms with Gasteiger partial charge in [-0.05, 0) is 58.7 Å². The summed E-state index contributed by atoms with van der Waals surface area (Å²) in [4.78, 5) is 0. The summed E-state index contributed by atoms with van der Waals surface area (Å²) < 4.78 is 7.36. The predicted molar refractivity (Wildman–Crippen MR) is 84.0 cm³/mol. The molecule has 0 heterocycles. The molecule has 1 N–H and O–H groups in total.